The van der Waals surface area contributed by atoms with Crippen molar-refractivity contribution < 1.29 is 9.84 Å². The van der Waals surface area contributed by atoms with E-state index in [-0.39, 0.29) is 5.41 Å². The Hall–Kier alpha value is -1.02. The Labute approximate surface area is 123 Å². The predicted molar refractivity (Wildman–Crippen MR) is 83.0 cm³/mol. The van der Waals surface area contributed by atoms with Gasteiger partial charge in [-0.25, -0.2) is 0 Å². The summed E-state index contributed by atoms with van der Waals surface area (Å²) in [7, 11) is 1.69. The first kappa shape index (κ1) is 15.4. The van der Waals surface area contributed by atoms with E-state index in [1.807, 2.05) is 12.1 Å². The van der Waals surface area contributed by atoms with Crippen LogP contribution < -0.4 is 4.74 Å². The Bertz CT molecular complexity index is 445. The van der Waals surface area contributed by atoms with Crippen LogP contribution in [-0.2, 0) is 0 Å². The molecule has 0 bridgehead atoms. The largest absolute Gasteiger partial charge is 0.496 e. The Morgan fingerprint density at radius 3 is 2.45 bits per heavy atom. The average molecular weight is 276 g/mol. The molecule has 1 fully saturated rings. The highest BCUT2D eigenvalue weighted by Gasteiger charge is 2.42. The molecule has 0 aromatic heterocycles. The molecule has 112 valence electrons. The molecule has 2 heteroatoms. The molecule has 1 aromatic carbocycles. The van der Waals surface area contributed by atoms with E-state index in [0.717, 1.165) is 30.6 Å². The molecular formula is C18H28O2. The third-order valence-corrected chi connectivity index (χ3v) is 4.67. The van der Waals surface area contributed by atoms with Gasteiger partial charge >= 0.3 is 0 Å². The lowest BCUT2D eigenvalue weighted by atomic mass is 9.71. The first-order valence-electron chi connectivity index (χ1n) is 7.81. The van der Waals surface area contributed by atoms with Crippen molar-refractivity contribution in [1.29, 1.82) is 0 Å². The topological polar surface area (TPSA) is 29.5 Å². The van der Waals surface area contributed by atoms with Gasteiger partial charge in [0.25, 0.3) is 0 Å². The SMILES string of the molecule is COc1ccc(C)cc1C(O)C1(CC(C)C)CCCC1. The normalized spacial score (nSPS) is 19.3. The maximum atomic E-state index is 11.1. The summed E-state index contributed by atoms with van der Waals surface area (Å²) < 4.78 is 5.47. The van der Waals surface area contributed by atoms with Gasteiger partial charge in [0, 0.05) is 11.0 Å². The van der Waals surface area contributed by atoms with Crippen molar-refractivity contribution in [3.8, 4) is 5.75 Å². The van der Waals surface area contributed by atoms with E-state index in [1.165, 1.54) is 18.4 Å². The predicted octanol–water partition coefficient (Wildman–Crippen LogP) is 4.64. The second kappa shape index (κ2) is 6.17. The van der Waals surface area contributed by atoms with Crippen LogP contribution in [0, 0.1) is 18.3 Å². The molecule has 1 atom stereocenters. The zero-order chi connectivity index (χ0) is 14.8. The van der Waals surface area contributed by atoms with E-state index >= 15 is 0 Å². The van der Waals surface area contributed by atoms with Crippen molar-refractivity contribution in [1.82, 2.24) is 0 Å². The van der Waals surface area contributed by atoms with E-state index < -0.39 is 6.10 Å². The molecule has 2 nitrogen and oxygen atoms in total. The van der Waals surface area contributed by atoms with Crippen LogP contribution in [0.15, 0.2) is 18.2 Å². The fraction of sp³-hybridized carbons (Fsp3) is 0.667. The summed E-state index contributed by atoms with van der Waals surface area (Å²) in [4.78, 5) is 0. The lowest BCUT2D eigenvalue weighted by Gasteiger charge is -2.37. The van der Waals surface area contributed by atoms with Crippen molar-refractivity contribution in [2.45, 2.75) is 59.0 Å². The molecule has 1 aliphatic rings. The van der Waals surface area contributed by atoms with Crippen molar-refractivity contribution in [2.75, 3.05) is 7.11 Å². The number of methoxy groups -OCH3 is 1. The van der Waals surface area contributed by atoms with Crippen LogP contribution in [0.1, 0.15) is 63.2 Å². The van der Waals surface area contributed by atoms with Crippen LogP contribution in [0.2, 0.25) is 0 Å². The van der Waals surface area contributed by atoms with Gasteiger partial charge in [0.1, 0.15) is 5.75 Å². The Morgan fingerprint density at radius 2 is 1.90 bits per heavy atom. The number of hydrogen-bond acceptors (Lipinski definition) is 2. The average Bonchev–Trinajstić information content (AvgIpc) is 2.86. The van der Waals surface area contributed by atoms with Gasteiger partial charge in [-0.15, -0.1) is 0 Å². The van der Waals surface area contributed by atoms with Gasteiger partial charge < -0.3 is 9.84 Å². The van der Waals surface area contributed by atoms with Crippen LogP contribution >= 0.6 is 0 Å². The molecule has 0 heterocycles. The molecule has 1 N–H and O–H groups in total. The number of rotatable bonds is 5. The summed E-state index contributed by atoms with van der Waals surface area (Å²) in [6.45, 7) is 6.57. The third kappa shape index (κ3) is 3.01. The minimum absolute atomic E-state index is 0.0369. The lowest BCUT2D eigenvalue weighted by molar-refractivity contribution is 0.00960. The molecule has 2 rings (SSSR count). The molecule has 0 saturated heterocycles. The Kier molecular flexibility index (Phi) is 4.74. The molecule has 0 amide bonds. The molecule has 0 spiro atoms. The smallest absolute Gasteiger partial charge is 0.124 e. The summed E-state index contributed by atoms with van der Waals surface area (Å²) in [5, 5.41) is 11.1. The van der Waals surface area contributed by atoms with Gasteiger partial charge in [-0.2, -0.15) is 0 Å². The molecular weight excluding hydrogens is 248 g/mol. The van der Waals surface area contributed by atoms with Crippen molar-refractivity contribution in [3.05, 3.63) is 29.3 Å². The lowest BCUT2D eigenvalue weighted by Crippen LogP contribution is -2.28. The molecule has 1 unspecified atom stereocenters. The van der Waals surface area contributed by atoms with Crippen LogP contribution in [0.25, 0.3) is 0 Å². The van der Waals surface area contributed by atoms with Crippen molar-refractivity contribution >= 4 is 0 Å². The molecule has 20 heavy (non-hydrogen) atoms. The zero-order valence-corrected chi connectivity index (χ0v) is 13.3. The molecule has 0 radical (unpaired) electrons. The Morgan fingerprint density at radius 1 is 1.25 bits per heavy atom. The number of aliphatic hydroxyl groups is 1. The fourth-order valence-electron chi connectivity index (χ4n) is 3.88. The highest BCUT2D eigenvalue weighted by Crippen LogP contribution is 2.53. The van der Waals surface area contributed by atoms with Crippen LogP contribution in [0.3, 0.4) is 0 Å². The number of benzene rings is 1. The number of hydrogen-bond donors (Lipinski definition) is 1. The minimum atomic E-state index is -0.415. The van der Waals surface area contributed by atoms with Gasteiger partial charge in [-0.05, 0) is 44.2 Å². The quantitative estimate of drug-likeness (QED) is 0.848. The first-order valence-corrected chi connectivity index (χ1v) is 7.81. The van der Waals surface area contributed by atoms with E-state index in [1.54, 1.807) is 7.11 Å². The van der Waals surface area contributed by atoms with Crippen molar-refractivity contribution in [3.63, 3.8) is 0 Å². The summed E-state index contributed by atoms with van der Waals surface area (Å²) in [5.41, 5.74) is 2.18. The zero-order valence-electron chi connectivity index (χ0n) is 13.3. The molecule has 0 aliphatic heterocycles. The van der Waals surface area contributed by atoms with Gasteiger partial charge in [-0.1, -0.05) is 38.3 Å². The second-order valence-corrected chi connectivity index (χ2v) is 6.82. The maximum absolute atomic E-state index is 11.1. The summed E-state index contributed by atoms with van der Waals surface area (Å²) in [5.74, 6) is 1.43. The monoisotopic (exact) mass is 276 g/mol. The molecule has 1 aliphatic carbocycles. The van der Waals surface area contributed by atoms with Crippen molar-refractivity contribution in [2.24, 2.45) is 11.3 Å². The first-order chi connectivity index (χ1) is 9.48. The summed E-state index contributed by atoms with van der Waals surface area (Å²) >= 11 is 0. The van der Waals surface area contributed by atoms with Crippen LogP contribution in [-0.4, -0.2) is 12.2 Å². The summed E-state index contributed by atoms with van der Waals surface area (Å²) in [6.07, 6.45) is 5.40. The minimum Gasteiger partial charge on any atom is -0.496 e. The Balaban J connectivity index is 2.36. The van der Waals surface area contributed by atoms with Gasteiger partial charge in [-0.3, -0.25) is 0 Å². The van der Waals surface area contributed by atoms with Crippen LogP contribution in [0.4, 0.5) is 0 Å². The second-order valence-electron chi connectivity index (χ2n) is 6.82. The number of aliphatic hydroxyl groups excluding tert-OH is 1. The van der Waals surface area contributed by atoms with E-state index in [0.29, 0.717) is 5.92 Å². The van der Waals surface area contributed by atoms with E-state index in [2.05, 4.69) is 26.8 Å². The fourth-order valence-corrected chi connectivity index (χ4v) is 3.88. The summed E-state index contributed by atoms with van der Waals surface area (Å²) in [6, 6.07) is 6.11. The molecule has 1 aromatic rings. The molecule has 1 saturated carbocycles. The highest BCUT2D eigenvalue weighted by atomic mass is 16.5. The highest BCUT2D eigenvalue weighted by molar-refractivity contribution is 5.39. The van der Waals surface area contributed by atoms with E-state index in [4.69, 9.17) is 4.74 Å². The van der Waals surface area contributed by atoms with Crippen LogP contribution in [0.5, 0.6) is 5.75 Å². The standard InChI is InChI=1S/C18H28O2/c1-13(2)12-18(9-5-6-10-18)17(19)15-11-14(3)7-8-16(15)20-4/h7-8,11,13,17,19H,5-6,9-10,12H2,1-4H3. The number of ether oxygens (including phenoxy) is 1. The van der Waals surface area contributed by atoms with Gasteiger partial charge in [0.05, 0.1) is 13.2 Å². The van der Waals surface area contributed by atoms with Gasteiger partial charge in [0.15, 0.2) is 0 Å². The maximum Gasteiger partial charge on any atom is 0.124 e. The number of aryl methyl sites for hydroxylation is 1. The third-order valence-electron chi connectivity index (χ3n) is 4.67. The van der Waals surface area contributed by atoms with Gasteiger partial charge in [0.2, 0.25) is 0 Å². The van der Waals surface area contributed by atoms with E-state index in [9.17, 15) is 5.11 Å².